The van der Waals surface area contributed by atoms with Crippen molar-refractivity contribution in [1.29, 1.82) is 0 Å². The minimum absolute atomic E-state index is 0.0891. The summed E-state index contributed by atoms with van der Waals surface area (Å²) in [5.74, 6) is 0. The molecule has 0 aromatic carbocycles. The summed E-state index contributed by atoms with van der Waals surface area (Å²) < 4.78 is 10.6. The average molecular weight is 137 g/mol. The van der Waals surface area contributed by atoms with E-state index in [0.29, 0.717) is 6.08 Å². The quantitative estimate of drug-likeness (QED) is 0.331. The molecule has 0 saturated carbocycles. The van der Waals surface area contributed by atoms with Crippen LogP contribution in [0.5, 0.6) is 0 Å². The molecule has 1 rings (SSSR count). The Hall–Kier alpha value is -0.535. The fourth-order valence-electron chi connectivity index (χ4n) is 0.724. The van der Waals surface area contributed by atoms with Crippen LogP contribution in [-0.2, 0) is 9.47 Å². The SMILES string of the molecule is BC1O/C(=N/C)OC1(B)B. The summed E-state index contributed by atoms with van der Waals surface area (Å²) in [5.41, 5.74) is 0. The highest BCUT2D eigenvalue weighted by atomic mass is 16.7. The average Bonchev–Trinajstić information content (AvgIpc) is 2.08. The molecule has 10 heavy (non-hydrogen) atoms. The maximum absolute atomic E-state index is 5.34. The van der Waals surface area contributed by atoms with Gasteiger partial charge in [0.05, 0.1) is 11.4 Å². The molecule has 0 N–H and O–H groups in total. The Bertz CT molecular complexity index is 170. The summed E-state index contributed by atoms with van der Waals surface area (Å²) >= 11 is 0. The lowest BCUT2D eigenvalue weighted by atomic mass is 9.57. The topological polar surface area (TPSA) is 30.8 Å². The van der Waals surface area contributed by atoms with Crippen LogP contribution in [0.4, 0.5) is 0 Å². The van der Waals surface area contributed by atoms with E-state index < -0.39 is 0 Å². The van der Waals surface area contributed by atoms with Gasteiger partial charge in [0.1, 0.15) is 0 Å². The summed E-state index contributed by atoms with van der Waals surface area (Å²) in [6.45, 7) is 0. The molecule has 0 bridgehead atoms. The Balaban J connectivity index is 2.71. The van der Waals surface area contributed by atoms with Crippen molar-refractivity contribution in [3.05, 3.63) is 0 Å². The fraction of sp³-hybridized carbons (Fsp3) is 0.750. The van der Waals surface area contributed by atoms with E-state index in [2.05, 4.69) is 4.99 Å². The molecule has 0 aromatic rings. The van der Waals surface area contributed by atoms with Gasteiger partial charge in [0.25, 0.3) is 0 Å². The van der Waals surface area contributed by atoms with Crippen molar-refractivity contribution in [1.82, 2.24) is 0 Å². The van der Waals surface area contributed by atoms with Gasteiger partial charge in [-0.3, -0.25) is 0 Å². The first-order chi connectivity index (χ1) is 4.56. The normalized spacial score (nSPS) is 33.3. The molecule has 0 aliphatic carbocycles. The van der Waals surface area contributed by atoms with Gasteiger partial charge in [-0.2, -0.15) is 0 Å². The maximum Gasteiger partial charge on any atom is 0.381 e. The lowest BCUT2D eigenvalue weighted by molar-refractivity contribution is 0.250. The predicted octanol–water partition coefficient (Wildman–Crippen LogP) is -3.10. The Labute approximate surface area is 63.4 Å². The molecule has 1 aliphatic heterocycles. The second-order valence-corrected chi connectivity index (χ2v) is 2.96. The van der Waals surface area contributed by atoms with Gasteiger partial charge >= 0.3 is 6.08 Å². The fourth-order valence-corrected chi connectivity index (χ4v) is 0.724. The van der Waals surface area contributed by atoms with Crippen LogP contribution < -0.4 is 0 Å². The number of rotatable bonds is 0. The molecule has 1 atom stereocenters. The van der Waals surface area contributed by atoms with Gasteiger partial charge in [-0.05, 0) is 0 Å². The third kappa shape index (κ3) is 1.15. The molecule has 1 fully saturated rings. The van der Waals surface area contributed by atoms with Crippen molar-refractivity contribution < 1.29 is 9.47 Å². The standard InChI is InChI=1S/C4H10B3NO2/c1-8-3-9-2(5)4(6,7)10-3/h2H,5-7H2,1H3/b8-3-. The smallest absolute Gasteiger partial charge is 0.381 e. The van der Waals surface area contributed by atoms with Crippen LogP contribution in [0.25, 0.3) is 0 Å². The predicted molar refractivity (Wildman–Crippen MR) is 47.7 cm³/mol. The molecule has 1 heterocycles. The number of aliphatic imine (C=N–C) groups is 1. The lowest BCUT2D eigenvalue weighted by Gasteiger charge is -2.18. The highest BCUT2D eigenvalue weighted by Crippen LogP contribution is 2.17. The van der Waals surface area contributed by atoms with Gasteiger partial charge in [0.15, 0.2) is 23.5 Å². The number of ether oxygens (including phenoxy) is 2. The molecule has 0 spiro atoms. The zero-order chi connectivity index (χ0) is 7.78. The van der Waals surface area contributed by atoms with Crippen LogP contribution in [-0.4, -0.2) is 48.1 Å². The maximum atomic E-state index is 5.34. The Morgan fingerprint density at radius 1 is 1.60 bits per heavy atom. The first kappa shape index (κ1) is 7.57. The highest BCUT2D eigenvalue weighted by molar-refractivity contribution is 6.44. The van der Waals surface area contributed by atoms with Gasteiger partial charge in [0, 0.05) is 7.05 Å². The monoisotopic (exact) mass is 137 g/mol. The molecule has 0 aromatic heterocycles. The van der Waals surface area contributed by atoms with Crippen LogP contribution in [0.2, 0.25) is 0 Å². The number of hydrogen-bond donors (Lipinski definition) is 0. The third-order valence-electron chi connectivity index (χ3n) is 1.79. The van der Waals surface area contributed by atoms with E-state index in [1.807, 2.05) is 23.5 Å². The second-order valence-electron chi connectivity index (χ2n) is 2.96. The van der Waals surface area contributed by atoms with E-state index in [9.17, 15) is 0 Å². The van der Waals surface area contributed by atoms with E-state index >= 15 is 0 Å². The molecule has 1 saturated heterocycles. The van der Waals surface area contributed by atoms with E-state index in [1.165, 1.54) is 0 Å². The molecular formula is C4H10B3NO2. The minimum Gasteiger partial charge on any atom is -0.460 e. The van der Waals surface area contributed by atoms with E-state index in [4.69, 9.17) is 9.47 Å². The van der Waals surface area contributed by atoms with Crippen molar-refractivity contribution in [2.24, 2.45) is 4.99 Å². The molecule has 6 heteroatoms. The van der Waals surface area contributed by atoms with Crippen molar-refractivity contribution in [3.8, 4) is 0 Å². The zero-order valence-corrected chi connectivity index (χ0v) is 6.84. The third-order valence-corrected chi connectivity index (χ3v) is 1.79. The Morgan fingerprint density at radius 2 is 2.20 bits per heavy atom. The molecule has 52 valence electrons. The molecule has 1 aliphatic rings. The van der Waals surface area contributed by atoms with Crippen molar-refractivity contribution in [3.63, 3.8) is 0 Å². The largest absolute Gasteiger partial charge is 0.460 e. The van der Waals surface area contributed by atoms with Crippen LogP contribution in [0.15, 0.2) is 4.99 Å². The van der Waals surface area contributed by atoms with Crippen molar-refractivity contribution in [2.75, 3.05) is 7.05 Å². The van der Waals surface area contributed by atoms with Gasteiger partial charge < -0.3 is 9.47 Å². The molecule has 1 unspecified atom stereocenters. The van der Waals surface area contributed by atoms with Gasteiger partial charge in [-0.25, -0.2) is 4.99 Å². The summed E-state index contributed by atoms with van der Waals surface area (Å²) in [6, 6.07) is 0.0891. The zero-order valence-electron chi connectivity index (χ0n) is 6.84. The Morgan fingerprint density at radius 3 is 2.40 bits per heavy atom. The first-order valence-corrected chi connectivity index (χ1v) is 3.38. The number of nitrogens with zero attached hydrogens (tertiary/aromatic N) is 1. The van der Waals surface area contributed by atoms with Gasteiger partial charge in [0.2, 0.25) is 0 Å². The van der Waals surface area contributed by atoms with Gasteiger partial charge in [-0.1, -0.05) is 0 Å². The highest BCUT2D eigenvalue weighted by Gasteiger charge is 2.38. The summed E-state index contributed by atoms with van der Waals surface area (Å²) in [4.78, 5) is 3.81. The first-order valence-electron chi connectivity index (χ1n) is 3.38. The van der Waals surface area contributed by atoms with Crippen LogP contribution in [0, 0.1) is 0 Å². The second kappa shape index (κ2) is 2.25. The lowest BCUT2D eigenvalue weighted by Crippen LogP contribution is -2.41. The minimum atomic E-state index is -0.227. The van der Waals surface area contributed by atoms with E-state index in [1.54, 1.807) is 7.05 Å². The van der Waals surface area contributed by atoms with Crippen LogP contribution >= 0.6 is 0 Å². The summed E-state index contributed by atoms with van der Waals surface area (Å²) in [6.07, 6.45) is 0.400. The molecular weight excluding hydrogens is 126 g/mol. The van der Waals surface area contributed by atoms with Crippen molar-refractivity contribution >= 4 is 29.6 Å². The molecule has 0 radical (unpaired) electrons. The van der Waals surface area contributed by atoms with E-state index in [0.717, 1.165) is 0 Å². The van der Waals surface area contributed by atoms with Crippen LogP contribution in [0.1, 0.15) is 0 Å². The van der Waals surface area contributed by atoms with Crippen molar-refractivity contribution in [2.45, 2.75) is 11.4 Å². The Kier molecular flexibility index (Phi) is 1.71. The van der Waals surface area contributed by atoms with Crippen LogP contribution in [0.3, 0.4) is 0 Å². The summed E-state index contributed by atoms with van der Waals surface area (Å²) in [7, 11) is 7.59. The molecule has 0 amide bonds. The van der Waals surface area contributed by atoms with E-state index in [-0.39, 0.29) is 11.4 Å². The number of hydrogen-bond acceptors (Lipinski definition) is 3. The van der Waals surface area contributed by atoms with Gasteiger partial charge in [-0.15, -0.1) is 0 Å². The molecule has 3 nitrogen and oxygen atoms in total. The summed E-state index contributed by atoms with van der Waals surface area (Å²) in [5, 5.41) is -0.227.